The quantitative estimate of drug-likeness (QED) is 0.617. The van der Waals surface area contributed by atoms with Crippen molar-refractivity contribution < 1.29 is 5.11 Å². The van der Waals surface area contributed by atoms with Gasteiger partial charge in [-0.25, -0.2) is 0 Å². The van der Waals surface area contributed by atoms with E-state index in [1.807, 2.05) is 26.0 Å². The maximum atomic E-state index is 9.28. The van der Waals surface area contributed by atoms with Crippen molar-refractivity contribution in [3.63, 3.8) is 0 Å². The molecule has 1 unspecified atom stereocenters. The average Bonchev–Trinajstić information content (AvgIpc) is 2.01. The van der Waals surface area contributed by atoms with Gasteiger partial charge in [0.2, 0.25) is 0 Å². The van der Waals surface area contributed by atoms with Gasteiger partial charge in [0, 0.05) is 0 Å². The van der Waals surface area contributed by atoms with Gasteiger partial charge in [-0.05, 0) is 33.6 Å². The van der Waals surface area contributed by atoms with E-state index in [0.717, 1.165) is 12.8 Å². The van der Waals surface area contributed by atoms with Crippen LogP contribution in [-0.2, 0) is 0 Å². The van der Waals surface area contributed by atoms with Gasteiger partial charge in [0.05, 0.1) is 6.10 Å². The number of allylic oxidation sites excluding steroid dienone is 3. The van der Waals surface area contributed by atoms with Gasteiger partial charge in [-0.15, -0.1) is 0 Å². The summed E-state index contributed by atoms with van der Waals surface area (Å²) < 4.78 is 0. The minimum Gasteiger partial charge on any atom is -0.389 e. The number of hydrogen-bond donors (Lipinski definition) is 1. The predicted octanol–water partition coefficient (Wildman–Crippen LogP) is 2.67. The molecule has 0 aromatic rings. The van der Waals surface area contributed by atoms with Crippen LogP contribution in [0.2, 0.25) is 0 Å². The highest BCUT2D eigenvalue weighted by Crippen LogP contribution is 2.06. The summed E-state index contributed by atoms with van der Waals surface area (Å²) >= 11 is 0. The van der Waals surface area contributed by atoms with Crippen molar-refractivity contribution in [3.8, 4) is 0 Å². The second kappa shape index (κ2) is 6.17. The van der Waals surface area contributed by atoms with Crippen LogP contribution in [0.25, 0.3) is 0 Å². The molecule has 0 saturated heterocycles. The molecule has 0 bridgehead atoms. The fourth-order valence-corrected chi connectivity index (χ4v) is 0.838. The van der Waals surface area contributed by atoms with E-state index < -0.39 is 0 Å². The molecule has 0 fully saturated rings. The van der Waals surface area contributed by atoms with E-state index in [9.17, 15) is 5.11 Å². The fraction of sp³-hybridized carbons (Fsp3) is 0.600. The summed E-state index contributed by atoms with van der Waals surface area (Å²) in [6, 6.07) is 0. The fourth-order valence-electron chi connectivity index (χ4n) is 0.838. The van der Waals surface area contributed by atoms with Crippen molar-refractivity contribution in [3.05, 3.63) is 23.8 Å². The minimum absolute atomic E-state index is 0.269. The molecule has 0 saturated carbocycles. The number of rotatable bonds is 4. The zero-order valence-corrected chi connectivity index (χ0v) is 7.67. The lowest BCUT2D eigenvalue weighted by molar-refractivity contribution is 0.213. The van der Waals surface area contributed by atoms with Crippen molar-refractivity contribution in [2.24, 2.45) is 0 Å². The van der Waals surface area contributed by atoms with E-state index in [-0.39, 0.29) is 6.10 Å². The van der Waals surface area contributed by atoms with Crippen molar-refractivity contribution in [1.29, 1.82) is 0 Å². The molecule has 64 valence electrons. The Kier molecular flexibility index (Phi) is 5.86. The molecule has 0 amide bonds. The maximum absolute atomic E-state index is 9.28. The lowest BCUT2D eigenvalue weighted by atomic mass is 10.1. The Morgan fingerprint density at radius 3 is 2.55 bits per heavy atom. The summed E-state index contributed by atoms with van der Waals surface area (Å²) in [5.74, 6) is 0. The van der Waals surface area contributed by atoms with Gasteiger partial charge in [-0.3, -0.25) is 0 Å². The third-order valence-electron chi connectivity index (χ3n) is 1.74. The molecule has 11 heavy (non-hydrogen) atoms. The SMILES string of the molecule is CC=CC(O)CCC(C)=CC. The first kappa shape index (κ1) is 10.4. The molecule has 1 N–H and O–H groups in total. The van der Waals surface area contributed by atoms with Crippen molar-refractivity contribution in [2.75, 3.05) is 0 Å². The molecule has 0 heterocycles. The molecule has 1 nitrogen and oxygen atoms in total. The molecule has 1 heteroatoms. The Balaban J connectivity index is 3.53. The molecule has 0 radical (unpaired) electrons. The topological polar surface area (TPSA) is 20.2 Å². The Bertz CT molecular complexity index is 145. The lowest BCUT2D eigenvalue weighted by Gasteiger charge is -2.04. The first-order valence-electron chi connectivity index (χ1n) is 4.13. The van der Waals surface area contributed by atoms with Crippen molar-refractivity contribution in [2.45, 2.75) is 39.7 Å². The van der Waals surface area contributed by atoms with E-state index in [0.29, 0.717) is 0 Å². The van der Waals surface area contributed by atoms with Gasteiger partial charge in [0.25, 0.3) is 0 Å². The summed E-state index contributed by atoms with van der Waals surface area (Å²) in [4.78, 5) is 0. The summed E-state index contributed by atoms with van der Waals surface area (Å²) in [5, 5.41) is 9.28. The minimum atomic E-state index is -0.269. The lowest BCUT2D eigenvalue weighted by Crippen LogP contribution is -2.01. The Morgan fingerprint density at radius 1 is 1.45 bits per heavy atom. The Morgan fingerprint density at radius 2 is 2.09 bits per heavy atom. The average molecular weight is 154 g/mol. The van der Waals surface area contributed by atoms with Crippen LogP contribution in [0.15, 0.2) is 23.8 Å². The van der Waals surface area contributed by atoms with Crippen LogP contribution in [0.1, 0.15) is 33.6 Å². The van der Waals surface area contributed by atoms with Gasteiger partial charge in [0.1, 0.15) is 0 Å². The van der Waals surface area contributed by atoms with Crippen LogP contribution in [0, 0.1) is 0 Å². The number of aliphatic hydroxyl groups is 1. The summed E-state index contributed by atoms with van der Waals surface area (Å²) in [5.41, 5.74) is 1.34. The standard InChI is InChI=1S/C10H18O/c1-4-6-10(11)8-7-9(3)5-2/h4-6,10-11H,7-8H2,1-3H3. The Labute approximate surface area is 69.4 Å². The Hall–Kier alpha value is -0.560. The largest absolute Gasteiger partial charge is 0.389 e. The summed E-state index contributed by atoms with van der Waals surface area (Å²) in [7, 11) is 0. The van der Waals surface area contributed by atoms with Crippen molar-refractivity contribution in [1.82, 2.24) is 0 Å². The van der Waals surface area contributed by atoms with Crippen LogP contribution in [0.5, 0.6) is 0 Å². The molecule has 0 aliphatic rings. The van der Waals surface area contributed by atoms with E-state index >= 15 is 0 Å². The van der Waals surface area contributed by atoms with Crippen molar-refractivity contribution >= 4 is 0 Å². The molecular weight excluding hydrogens is 136 g/mol. The second-order valence-corrected chi connectivity index (χ2v) is 2.77. The zero-order valence-electron chi connectivity index (χ0n) is 7.67. The summed E-state index contributed by atoms with van der Waals surface area (Å²) in [6.45, 7) is 6.03. The van der Waals surface area contributed by atoms with Crippen LogP contribution in [0.3, 0.4) is 0 Å². The highest BCUT2D eigenvalue weighted by Gasteiger charge is 1.97. The highest BCUT2D eigenvalue weighted by molar-refractivity contribution is 4.97. The van der Waals surface area contributed by atoms with Gasteiger partial charge < -0.3 is 5.11 Å². The van der Waals surface area contributed by atoms with Gasteiger partial charge in [-0.1, -0.05) is 23.8 Å². The highest BCUT2D eigenvalue weighted by atomic mass is 16.3. The molecule has 0 spiro atoms. The van der Waals surface area contributed by atoms with E-state index in [1.165, 1.54) is 5.57 Å². The van der Waals surface area contributed by atoms with Crippen LogP contribution < -0.4 is 0 Å². The number of aliphatic hydroxyl groups excluding tert-OH is 1. The summed E-state index contributed by atoms with van der Waals surface area (Å²) in [6.07, 6.45) is 7.35. The van der Waals surface area contributed by atoms with E-state index in [2.05, 4.69) is 13.0 Å². The monoisotopic (exact) mass is 154 g/mol. The molecule has 1 atom stereocenters. The molecule has 0 aromatic carbocycles. The van der Waals surface area contributed by atoms with Crippen LogP contribution in [-0.4, -0.2) is 11.2 Å². The maximum Gasteiger partial charge on any atom is 0.0723 e. The van der Waals surface area contributed by atoms with Gasteiger partial charge >= 0.3 is 0 Å². The number of hydrogen-bond acceptors (Lipinski definition) is 1. The third kappa shape index (κ3) is 5.86. The first-order valence-corrected chi connectivity index (χ1v) is 4.13. The van der Waals surface area contributed by atoms with Gasteiger partial charge in [-0.2, -0.15) is 0 Å². The third-order valence-corrected chi connectivity index (χ3v) is 1.74. The van der Waals surface area contributed by atoms with Gasteiger partial charge in [0.15, 0.2) is 0 Å². The van der Waals surface area contributed by atoms with Crippen LogP contribution in [0.4, 0.5) is 0 Å². The van der Waals surface area contributed by atoms with Crippen LogP contribution >= 0.6 is 0 Å². The van der Waals surface area contributed by atoms with E-state index in [1.54, 1.807) is 0 Å². The molecule has 0 rings (SSSR count). The molecule has 0 aromatic heterocycles. The zero-order chi connectivity index (χ0) is 8.69. The normalized spacial score (nSPS) is 15.8. The molecule has 0 aliphatic carbocycles. The van der Waals surface area contributed by atoms with E-state index in [4.69, 9.17) is 0 Å². The predicted molar refractivity (Wildman–Crippen MR) is 49.5 cm³/mol. The molecular formula is C10H18O. The first-order chi connectivity index (χ1) is 5.20. The smallest absolute Gasteiger partial charge is 0.0723 e. The molecule has 0 aliphatic heterocycles. The second-order valence-electron chi connectivity index (χ2n) is 2.77.